The summed E-state index contributed by atoms with van der Waals surface area (Å²) in [6, 6.07) is 8.61. The van der Waals surface area contributed by atoms with E-state index in [1.165, 1.54) is 12.3 Å². The van der Waals surface area contributed by atoms with E-state index in [4.69, 9.17) is 9.47 Å². The Morgan fingerprint density at radius 1 is 1.07 bits per heavy atom. The Morgan fingerprint density at radius 3 is 2.48 bits per heavy atom. The van der Waals surface area contributed by atoms with Crippen LogP contribution in [0.5, 0.6) is 17.4 Å². The maximum Gasteiger partial charge on any atom is 0.422 e. The third kappa shape index (κ3) is 7.40. The maximum absolute atomic E-state index is 12.3. The fourth-order valence-electron chi connectivity index (χ4n) is 2.38. The van der Waals surface area contributed by atoms with Gasteiger partial charge in [0.25, 0.3) is 0 Å². The molecule has 2 rings (SSSR count). The largest absolute Gasteiger partial charge is 0.497 e. The number of hydrogen-bond donors (Lipinski definition) is 2. The molecule has 10 heteroatoms. The van der Waals surface area contributed by atoms with Crippen LogP contribution in [-0.4, -0.2) is 45.0 Å². The van der Waals surface area contributed by atoms with Crippen LogP contribution in [0.25, 0.3) is 0 Å². The number of nitrogens with one attached hydrogen (secondary N) is 2. The molecule has 0 unspecified atom stereocenters. The van der Waals surface area contributed by atoms with Gasteiger partial charge in [-0.25, -0.2) is 4.98 Å². The molecule has 29 heavy (non-hydrogen) atoms. The van der Waals surface area contributed by atoms with Gasteiger partial charge in [0.1, 0.15) is 11.5 Å². The standard InChI is InChI=1S/C19H23F3N4O3/c1-23-18(26-11-14-4-5-15(27-2)9-16(14)28-3)25-10-13-6-7-24-17(8-13)29-12-19(20,21)22/h4-9H,10-12H2,1-3H3,(H2,23,25,26). The number of guanidine groups is 1. The Kier molecular flexibility index (Phi) is 7.93. The highest BCUT2D eigenvalue weighted by molar-refractivity contribution is 5.79. The number of benzene rings is 1. The number of ether oxygens (including phenoxy) is 3. The summed E-state index contributed by atoms with van der Waals surface area (Å²) in [5, 5.41) is 6.23. The molecule has 7 nitrogen and oxygen atoms in total. The summed E-state index contributed by atoms with van der Waals surface area (Å²) >= 11 is 0. The number of halogens is 3. The van der Waals surface area contributed by atoms with Crippen molar-refractivity contribution in [2.24, 2.45) is 4.99 Å². The molecule has 2 N–H and O–H groups in total. The molecule has 1 aromatic carbocycles. The first kappa shape index (κ1) is 22.1. The van der Waals surface area contributed by atoms with Crippen molar-refractivity contribution < 1.29 is 27.4 Å². The van der Waals surface area contributed by atoms with Gasteiger partial charge in [-0.2, -0.15) is 13.2 Å². The monoisotopic (exact) mass is 412 g/mol. The van der Waals surface area contributed by atoms with Gasteiger partial charge in [-0.3, -0.25) is 4.99 Å². The van der Waals surface area contributed by atoms with Gasteiger partial charge in [-0.05, 0) is 23.8 Å². The molecular formula is C19H23F3N4O3. The molecule has 1 heterocycles. The molecule has 0 atom stereocenters. The van der Waals surface area contributed by atoms with Crippen LogP contribution in [0.2, 0.25) is 0 Å². The van der Waals surface area contributed by atoms with Crippen molar-refractivity contribution in [2.75, 3.05) is 27.9 Å². The Balaban J connectivity index is 1.91. The fraction of sp³-hybridized carbons (Fsp3) is 0.368. The first-order valence-corrected chi connectivity index (χ1v) is 8.64. The van der Waals surface area contributed by atoms with Crippen LogP contribution in [-0.2, 0) is 13.1 Å². The smallest absolute Gasteiger partial charge is 0.422 e. The van der Waals surface area contributed by atoms with Crippen LogP contribution in [0.1, 0.15) is 11.1 Å². The maximum atomic E-state index is 12.3. The summed E-state index contributed by atoms with van der Waals surface area (Å²) in [5.74, 6) is 1.78. The third-order valence-electron chi connectivity index (χ3n) is 3.81. The average molecular weight is 412 g/mol. The molecular weight excluding hydrogens is 389 g/mol. The highest BCUT2D eigenvalue weighted by atomic mass is 19.4. The van der Waals surface area contributed by atoms with Crippen LogP contribution in [0.15, 0.2) is 41.5 Å². The molecule has 0 saturated heterocycles. The first-order chi connectivity index (χ1) is 13.8. The van der Waals surface area contributed by atoms with E-state index in [-0.39, 0.29) is 5.88 Å². The van der Waals surface area contributed by atoms with Crippen molar-refractivity contribution >= 4 is 5.96 Å². The highest BCUT2D eigenvalue weighted by Gasteiger charge is 2.28. The number of rotatable bonds is 8. The van der Waals surface area contributed by atoms with E-state index in [1.807, 2.05) is 12.1 Å². The molecule has 158 valence electrons. The lowest BCUT2D eigenvalue weighted by Gasteiger charge is -2.15. The Bertz CT molecular complexity index is 829. The van der Waals surface area contributed by atoms with Crippen molar-refractivity contribution in [3.05, 3.63) is 47.7 Å². The summed E-state index contributed by atoms with van der Waals surface area (Å²) in [4.78, 5) is 7.91. The predicted octanol–water partition coefficient (Wildman–Crippen LogP) is 2.91. The number of pyridine rings is 1. The fourth-order valence-corrected chi connectivity index (χ4v) is 2.38. The predicted molar refractivity (Wildman–Crippen MR) is 102 cm³/mol. The van der Waals surface area contributed by atoms with E-state index in [0.29, 0.717) is 36.1 Å². The van der Waals surface area contributed by atoms with Crippen molar-refractivity contribution in [3.8, 4) is 17.4 Å². The zero-order valence-electron chi connectivity index (χ0n) is 16.3. The first-order valence-electron chi connectivity index (χ1n) is 8.64. The zero-order chi connectivity index (χ0) is 21.3. The second-order valence-electron chi connectivity index (χ2n) is 5.86. The molecule has 0 aliphatic carbocycles. The number of methoxy groups -OCH3 is 2. The van der Waals surface area contributed by atoms with Gasteiger partial charge in [0.2, 0.25) is 5.88 Å². The minimum absolute atomic E-state index is 0.0902. The number of nitrogens with zero attached hydrogens (tertiary/aromatic N) is 2. The third-order valence-corrected chi connectivity index (χ3v) is 3.81. The van der Waals surface area contributed by atoms with Crippen molar-refractivity contribution in [3.63, 3.8) is 0 Å². The van der Waals surface area contributed by atoms with E-state index in [0.717, 1.165) is 5.56 Å². The minimum atomic E-state index is -4.41. The quantitative estimate of drug-likeness (QED) is 0.513. The van der Waals surface area contributed by atoms with Crippen molar-refractivity contribution in [1.82, 2.24) is 15.6 Å². The Hall–Kier alpha value is -3.17. The van der Waals surface area contributed by atoms with Crippen LogP contribution < -0.4 is 24.8 Å². The second kappa shape index (κ2) is 10.4. The van der Waals surface area contributed by atoms with E-state index in [1.54, 1.807) is 33.4 Å². The Morgan fingerprint density at radius 2 is 1.83 bits per heavy atom. The number of alkyl halides is 3. The molecule has 0 amide bonds. The lowest BCUT2D eigenvalue weighted by molar-refractivity contribution is -0.154. The molecule has 0 fully saturated rings. The number of aromatic nitrogens is 1. The lowest BCUT2D eigenvalue weighted by atomic mass is 10.2. The Labute approximate surface area is 166 Å². The molecule has 1 aromatic heterocycles. The van der Waals surface area contributed by atoms with E-state index < -0.39 is 12.8 Å². The van der Waals surface area contributed by atoms with Gasteiger partial charge >= 0.3 is 6.18 Å². The van der Waals surface area contributed by atoms with Gasteiger partial charge in [-0.1, -0.05) is 0 Å². The topological polar surface area (TPSA) is 77.0 Å². The summed E-state index contributed by atoms with van der Waals surface area (Å²) in [6.07, 6.45) is -3.02. The molecule has 2 aromatic rings. The van der Waals surface area contributed by atoms with E-state index in [2.05, 4.69) is 25.3 Å². The molecule has 0 radical (unpaired) electrons. The lowest BCUT2D eigenvalue weighted by Crippen LogP contribution is -2.36. The normalized spacial score (nSPS) is 11.7. The van der Waals surface area contributed by atoms with Gasteiger partial charge in [0.15, 0.2) is 12.6 Å². The van der Waals surface area contributed by atoms with Crippen LogP contribution in [0.3, 0.4) is 0 Å². The van der Waals surface area contributed by atoms with Gasteiger partial charge in [0.05, 0.1) is 14.2 Å². The van der Waals surface area contributed by atoms with Gasteiger partial charge < -0.3 is 24.8 Å². The minimum Gasteiger partial charge on any atom is -0.497 e. The van der Waals surface area contributed by atoms with Crippen LogP contribution in [0.4, 0.5) is 13.2 Å². The molecule has 0 spiro atoms. The van der Waals surface area contributed by atoms with Crippen LogP contribution in [0, 0.1) is 0 Å². The molecule has 0 aliphatic heterocycles. The summed E-state index contributed by atoms with van der Waals surface area (Å²) in [5.41, 5.74) is 1.60. The molecule has 0 bridgehead atoms. The van der Waals surface area contributed by atoms with Crippen molar-refractivity contribution in [1.29, 1.82) is 0 Å². The average Bonchev–Trinajstić information content (AvgIpc) is 2.72. The molecule has 0 saturated carbocycles. The molecule has 0 aliphatic rings. The van der Waals surface area contributed by atoms with Crippen molar-refractivity contribution in [2.45, 2.75) is 19.3 Å². The SMILES string of the molecule is CN=C(NCc1ccnc(OCC(F)(F)F)c1)NCc1ccc(OC)cc1OC. The van der Waals surface area contributed by atoms with Gasteiger partial charge in [0, 0.05) is 44.0 Å². The number of hydrogen-bond acceptors (Lipinski definition) is 5. The highest BCUT2D eigenvalue weighted by Crippen LogP contribution is 2.24. The summed E-state index contributed by atoms with van der Waals surface area (Å²) < 4.78 is 52.0. The van der Waals surface area contributed by atoms with E-state index in [9.17, 15) is 13.2 Å². The van der Waals surface area contributed by atoms with Crippen LogP contribution >= 0.6 is 0 Å². The second-order valence-corrected chi connectivity index (χ2v) is 5.86. The zero-order valence-corrected chi connectivity index (χ0v) is 16.3. The summed E-state index contributed by atoms with van der Waals surface area (Å²) in [6.45, 7) is -0.614. The summed E-state index contributed by atoms with van der Waals surface area (Å²) in [7, 11) is 4.77. The van der Waals surface area contributed by atoms with Gasteiger partial charge in [-0.15, -0.1) is 0 Å². The number of aliphatic imine (C=N–C) groups is 1. The van der Waals surface area contributed by atoms with E-state index >= 15 is 0 Å².